The highest BCUT2D eigenvalue weighted by molar-refractivity contribution is 9.10. The summed E-state index contributed by atoms with van der Waals surface area (Å²) in [6.45, 7) is 7.89. The second-order valence-corrected chi connectivity index (χ2v) is 6.02. The highest BCUT2D eigenvalue weighted by Crippen LogP contribution is 2.27. The number of hydrogen-bond donors (Lipinski definition) is 0. The van der Waals surface area contributed by atoms with Crippen LogP contribution >= 0.6 is 15.9 Å². The molecular weight excluding hydrogens is 274 g/mol. The van der Waals surface area contributed by atoms with Gasteiger partial charge in [0.15, 0.2) is 0 Å². The zero-order valence-corrected chi connectivity index (χ0v) is 12.4. The second-order valence-electron chi connectivity index (χ2n) is 5.11. The third kappa shape index (κ3) is 2.74. The third-order valence-corrected chi connectivity index (χ3v) is 3.51. The van der Waals surface area contributed by atoms with Crippen LogP contribution in [-0.2, 0) is 13.0 Å². The number of benzene rings is 1. The van der Waals surface area contributed by atoms with Crippen molar-refractivity contribution >= 4 is 26.8 Å². The van der Waals surface area contributed by atoms with Crippen molar-refractivity contribution in [2.24, 2.45) is 5.92 Å². The summed E-state index contributed by atoms with van der Waals surface area (Å²) >= 11 is 3.57. The van der Waals surface area contributed by atoms with Gasteiger partial charge >= 0.3 is 0 Å². The smallest absolute Gasteiger partial charge is 0.0483 e. The van der Waals surface area contributed by atoms with Gasteiger partial charge in [-0.2, -0.15) is 0 Å². The Labute approximate surface area is 112 Å². The van der Waals surface area contributed by atoms with E-state index < -0.39 is 0 Å². The number of aryl methyl sites for hydroxylation is 1. The van der Waals surface area contributed by atoms with Crippen molar-refractivity contribution in [1.29, 1.82) is 0 Å². The van der Waals surface area contributed by atoms with Gasteiger partial charge in [-0.3, -0.25) is 0 Å². The lowest BCUT2D eigenvalue weighted by atomic mass is 10.0. The fourth-order valence-corrected chi connectivity index (χ4v) is 2.73. The molecule has 2 aromatic rings. The van der Waals surface area contributed by atoms with Gasteiger partial charge in [0, 0.05) is 28.1 Å². The molecule has 1 aromatic heterocycles. The monoisotopic (exact) mass is 293 g/mol. The molecule has 1 heterocycles. The first-order valence-corrected chi connectivity index (χ1v) is 7.18. The molecule has 0 saturated heterocycles. The Kier molecular flexibility index (Phi) is 3.93. The van der Waals surface area contributed by atoms with Crippen LogP contribution in [0.5, 0.6) is 0 Å². The molecule has 0 amide bonds. The lowest BCUT2D eigenvalue weighted by Gasteiger charge is -2.02. The predicted molar refractivity (Wildman–Crippen MR) is 78.5 cm³/mol. The molecular formula is C15H20BrN. The number of aromatic nitrogens is 1. The van der Waals surface area contributed by atoms with Gasteiger partial charge < -0.3 is 4.57 Å². The summed E-state index contributed by atoms with van der Waals surface area (Å²) < 4.78 is 3.56. The normalized spacial score (nSPS) is 11.6. The minimum absolute atomic E-state index is 0.703. The van der Waals surface area contributed by atoms with Gasteiger partial charge in [0.25, 0.3) is 0 Å². The highest BCUT2D eigenvalue weighted by atomic mass is 79.9. The van der Waals surface area contributed by atoms with Crippen LogP contribution in [-0.4, -0.2) is 4.57 Å². The quantitative estimate of drug-likeness (QED) is 0.746. The van der Waals surface area contributed by atoms with Crippen LogP contribution in [0.1, 0.15) is 32.8 Å². The lowest BCUT2D eigenvalue weighted by Crippen LogP contribution is -1.95. The number of halogens is 1. The van der Waals surface area contributed by atoms with E-state index in [1.807, 2.05) is 0 Å². The molecule has 1 aromatic carbocycles. The number of rotatable bonds is 4. The molecule has 0 aliphatic rings. The van der Waals surface area contributed by atoms with Crippen LogP contribution in [0.25, 0.3) is 10.9 Å². The van der Waals surface area contributed by atoms with Crippen molar-refractivity contribution in [2.75, 3.05) is 0 Å². The molecule has 2 rings (SSSR count). The van der Waals surface area contributed by atoms with E-state index in [0.717, 1.165) is 13.0 Å². The molecule has 0 bridgehead atoms. The second kappa shape index (κ2) is 5.26. The Morgan fingerprint density at radius 3 is 2.71 bits per heavy atom. The average molecular weight is 294 g/mol. The van der Waals surface area contributed by atoms with Gasteiger partial charge in [0.1, 0.15) is 0 Å². The Morgan fingerprint density at radius 2 is 2.06 bits per heavy atom. The maximum Gasteiger partial charge on any atom is 0.0483 e. The van der Waals surface area contributed by atoms with E-state index in [9.17, 15) is 0 Å². The van der Waals surface area contributed by atoms with E-state index in [2.05, 4.69) is 65.7 Å². The number of nitrogens with zero attached hydrogens (tertiary/aromatic N) is 1. The molecule has 17 heavy (non-hydrogen) atoms. The van der Waals surface area contributed by atoms with Crippen LogP contribution in [0.2, 0.25) is 0 Å². The lowest BCUT2D eigenvalue weighted by molar-refractivity contribution is 0.643. The summed E-state index contributed by atoms with van der Waals surface area (Å²) in [6, 6.07) is 6.60. The Morgan fingerprint density at radius 1 is 1.29 bits per heavy atom. The summed E-state index contributed by atoms with van der Waals surface area (Å²) in [4.78, 5) is 0. The maximum atomic E-state index is 3.57. The van der Waals surface area contributed by atoms with Gasteiger partial charge in [0.2, 0.25) is 0 Å². The molecule has 1 nitrogen and oxygen atoms in total. The Bertz CT molecular complexity index is 511. The van der Waals surface area contributed by atoms with E-state index in [1.165, 1.54) is 27.4 Å². The molecule has 0 atom stereocenters. The Hall–Kier alpha value is -0.760. The number of hydrogen-bond acceptors (Lipinski definition) is 0. The minimum atomic E-state index is 0.703. The van der Waals surface area contributed by atoms with Gasteiger partial charge in [0.05, 0.1) is 0 Å². The first kappa shape index (κ1) is 12.7. The van der Waals surface area contributed by atoms with Gasteiger partial charge in [-0.1, -0.05) is 36.7 Å². The van der Waals surface area contributed by atoms with Gasteiger partial charge in [-0.05, 0) is 42.5 Å². The minimum Gasteiger partial charge on any atom is -0.347 e. The molecule has 0 aliphatic carbocycles. The summed E-state index contributed by atoms with van der Waals surface area (Å²) in [5.41, 5.74) is 2.84. The molecule has 0 fully saturated rings. The molecule has 0 saturated carbocycles. The third-order valence-electron chi connectivity index (χ3n) is 3.02. The first-order valence-electron chi connectivity index (χ1n) is 6.39. The molecule has 0 unspecified atom stereocenters. The van der Waals surface area contributed by atoms with E-state index in [0.29, 0.717) is 5.92 Å². The summed E-state index contributed by atoms with van der Waals surface area (Å²) in [5, 5.41) is 1.40. The Balaban J connectivity index is 2.54. The zero-order chi connectivity index (χ0) is 12.4. The maximum absolute atomic E-state index is 3.57. The van der Waals surface area contributed by atoms with Crippen molar-refractivity contribution < 1.29 is 0 Å². The van der Waals surface area contributed by atoms with Crippen LogP contribution < -0.4 is 0 Å². The van der Waals surface area contributed by atoms with Crippen molar-refractivity contribution in [1.82, 2.24) is 4.57 Å². The van der Waals surface area contributed by atoms with Crippen LogP contribution in [0.15, 0.2) is 28.9 Å². The average Bonchev–Trinajstić information content (AvgIpc) is 2.56. The molecule has 0 radical (unpaired) electrons. The fraction of sp³-hybridized carbons (Fsp3) is 0.467. The standard InChI is InChI=1S/C15H20BrN/c1-4-7-17-10-12(8-11(2)3)14-9-13(16)5-6-15(14)17/h5-6,9-11H,4,7-8H2,1-3H3. The van der Waals surface area contributed by atoms with Gasteiger partial charge in [-0.15, -0.1) is 0 Å². The van der Waals surface area contributed by atoms with Crippen molar-refractivity contribution in [2.45, 2.75) is 40.2 Å². The largest absolute Gasteiger partial charge is 0.347 e. The van der Waals surface area contributed by atoms with E-state index >= 15 is 0 Å². The van der Waals surface area contributed by atoms with E-state index in [1.54, 1.807) is 0 Å². The summed E-state index contributed by atoms with van der Waals surface area (Å²) in [5.74, 6) is 0.703. The first-order chi connectivity index (χ1) is 8.11. The van der Waals surface area contributed by atoms with Crippen LogP contribution in [0.4, 0.5) is 0 Å². The summed E-state index contributed by atoms with van der Waals surface area (Å²) in [6.07, 6.45) is 4.67. The van der Waals surface area contributed by atoms with Crippen molar-refractivity contribution in [3.8, 4) is 0 Å². The number of fused-ring (bicyclic) bond motifs is 1. The molecule has 0 spiro atoms. The van der Waals surface area contributed by atoms with E-state index in [4.69, 9.17) is 0 Å². The molecule has 0 N–H and O–H groups in total. The van der Waals surface area contributed by atoms with Crippen molar-refractivity contribution in [3.63, 3.8) is 0 Å². The van der Waals surface area contributed by atoms with Gasteiger partial charge in [-0.25, -0.2) is 0 Å². The molecule has 0 aliphatic heterocycles. The molecule has 2 heteroatoms. The molecule has 92 valence electrons. The topological polar surface area (TPSA) is 4.93 Å². The van der Waals surface area contributed by atoms with Crippen molar-refractivity contribution in [3.05, 3.63) is 34.4 Å². The van der Waals surface area contributed by atoms with Crippen LogP contribution in [0, 0.1) is 5.92 Å². The highest BCUT2D eigenvalue weighted by Gasteiger charge is 2.09. The van der Waals surface area contributed by atoms with Crippen LogP contribution in [0.3, 0.4) is 0 Å². The summed E-state index contributed by atoms with van der Waals surface area (Å²) in [7, 11) is 0. The SMILES string of the molecule is CCCn1cc(CC(C)C)c2cc(Br)ccc21. The van der Waals surface area contributed by atoms with E-state index in [-0.39, 0.29) is 0 Å². The predicted octanol–water partition coefficient (Wildman–Crippen LogP) is 5.01. The zero-order valence-electron chi connectivity index (χ0n) is 10.8. The fourth-order valence-electron chi connectivity index (χ4n) is 2.37.